The highest BCUT2D eigenvalue weighted by molar-refractivity contribution is 6.35. The van der Waals surface area contributed by atoms with Crippen molar-refractivity contribution in [3.63, 3.8) is 0 Å². The van der Waals surface area contributed by atoms with E-state index in [-0.39, 0.29) is 18.4 Å². The molecule has 0 unspecified atom stereocenters. The number of benzene rings is 2. The minimum atomic E-state index is -0.265. The van der Waals surface area contributed by atoms with E-state index < -0.39 is 0 Å². The Balaban J connectivity index is 2.04. The number of carbonyl (C=O) groups excluding carboxylic acids is 2. The van der Waals surface area contributed by atoms with E-state index in [4.69, 9.17) is 23.2 Å². The van der Waals surface area contributed by atoms with Gasteiger partial charge in [-0.15, -0.1) is 0 Å². The van der Waals surface area contributed by atoms with Crippen LogP contribution in [0.4, 0.5) is 5.69 Å². The van der Waals surface area contributed by atoms with E-state index in [2.05, 4.69) is 5.32 Å². The Morgan fingerprint density at radius 1 is 1.08 bits per heavy atom. The number of amides is 2. The largest absolute Gasteiger partial charge is 0.350 e. The Kier molecular flexibility index (Phi) is 6.23. The van der Waals surface area contributed by atoms with E-state index in [9.17, 15) is 9.59 Å². The van der Waals surface area contributed by atoms with Gasteiger partial charge >= 0.3 is 0 Å². The smallest absolute Gasteiger partial charge is 0.240 e. The maximum atomic E-state index is 12.2. The zero-order valence-corrected chi connectivity index (χ0v) is 15.0. The Morgan fingerprint density at radius 3 is 2.33 bits per heavy atom. The van der Waals surface area contributed by atoms with Gasteiger partial charge in [0.25, 0.3) is 0 Å². The summed E-state index contributed by atoms with van der Waals surface area (Å²) in [4.78, 5) is 25.4. The van der Waals surface area contributed by atoms with Gasteiger partial charge in [0.05, 0.1) is 0 Å². The predicted molar refractivity (Wildman–Crippen MR) is 97.5 cm³/mol. The lowest BCUT2D eigenvalue weighted by Gasteiger charge is -2.21. The maximum absolute atomic E-state index is 12.2. The number of hydrogen-bond acceptors (Lipinski definition) is 2. The lowest BCUT2D eigenvalue weighted by atomic mass is 10.1. The fourth-order valence-corrected chi connectivity index (χ4v) is 2.82. The number of rotatable bonds is 5. The SMILES string of the molecule is CC(=O)N(CC(=O)NCc1cccc(C)c1)c1cc(Cl)cc(Cl)c1. The molecule has 0 radical (unpaired) electrons. The molecule has 0 atom stereocenters. The summed E-state index contributed by atoms with van der Waals surface area (Å²) in [6.45, 7) is 3.69. The number of nitrogens with one attached hydrogen (secondary N) is 1. The summed E-state index contributed by atoms with van der Waals surface area (Å²) in [6.07, 6.45) is 0. The molecule has 0 spiro atoms. The van der Waals surface area contributed by atoms with Gasteiger partial charge in [0.15, 0.2) is 0 Å². The minimum Gasteiger partial charge on any atom is -0.350 e. The number of anilines is 1. The lowest BCUT2D eigenvalue weighted by molar-refractivity contribution is -0.123. The third kappa shape index (κ3) is 5.25. The molecule has 0 aliphatic carbocycles. The van der Waals surface area contributed by atoms with Gasteiger partial charge in [0.2, 0.25) is 11.8 Å². The molecule has 2 aromatic carbocycles. The zero-order chi connectivity index (χ0) is 17.7. The molecular formula is C18H18Cl2N2O2. The van der Waals surface area contributed by atoms with E-state index in [0.29, 0.717) is 22.3 Å². The molecule has 0 aliphatic rings. The molecule has 0 bridgehead atoms. The van der Waals surface area contributed by atoms with Gasteiger partial charge in [-0.2, -0.15) is 0 Å². The average Bonchev–Trinajstić information content (AvgIpc) is 2.49. The van der Waals surface area contributed by atoms with E-state index in [1.807, 2.05) is 31.2 Å². The molecule has 0 fully saturated rings. The monoisotopic (exact) mass is 364 g/mol. The number of nitrogens with zero attached hydrogens (tertiary/aromatic N) is 1. The summed E-state index contributed by atoms with van der Waals surface area (Å²) in [6, 6.07) is 12.6. The van der Waals surface area contributed by atoms with Crippen LogP contribution in [0.15, 0.2) is 42.5 Å². The first kappa shape index (κ1) is 18.3. The molecule has 0 aromatic heterocycles. The normalized spacial score (nSPS) is 10.3. The second kappa shape index (κ2) is 8.18. The van der Waals surface area contributed by atoms with Gasteiger partial charge in [-0.3, -0.25) is 9.59 Å². The first-order valence-corrected chi connectivity index (χ1v) is 8.17. The number of carbonyl (C=O) groups is 2. The van der Waals surface area contributed by atoms with Crippen molar-refractivity contribution >= 4 is 40.7 Å². The van der Waals surface area contributed by atoms with Gasteiger partial charge in [0.1, 0.15) is 6.54 Å². The summed E-state index contributed by atoms with van der Waals surface area (Å²) in [5, 5.41) is 3.62. The Morgan fingerprint density at radius 2 is 1.75 bits per heavy atom. The highest BCUT2D eigenvalue weighted by atomic mass is 35.5. The molecule has 6 heteroatoms. The molecule has 24 heavy (non-hydrogen) atoms. The molecule has 0 heterocycles. The molecule has 2 aromatic rings. The van der Waals surface area contributed by atoms with Gasteiger partial charge < -0.3 is 10.2 Å². The highest BCUT2D eigenvalue weighted by Crippen LogP contribution is 2.25. The predicted octanol–water partition coefficient (Wildman–Crippen LogP) is 3.97. The van der Waals surface area contributed by atoms with Crippen molar-refractivity contribution in [1.82, 2.24) is 5.32 Å². The highest BCUT2D eigenvalue weighted by Gasteiger charge is 2.16. The van der Waals surface area contributed by atoms with Gasteiger partial charge in [-0.1, -0.05) is 53.0 Å². The van der Waals surface area contributed by atoms with Gasteiger partial charge in [-0.05, 0) is 30.7 Å². The topological polar surface area (TPSA) is 49.4 Å². The Hall–Kier alpha value is -2.04. The van der Waals surface area contributed by atoms with Crippen LogP contribution in [0.5, 0.6) is 0 Å². The van der Waals surface area contributed by atoms with Crippen LogP contribution in [-0.4, -0.2) is 18.4 Å². The average molecular weight is 365 g/mol. The van der Waals surface area contributed by atoms with Crippen molar-refractivity contribution in [2.75, 3.05) is 11.4 Å². The van der Waals surface area contributed by atoms with Crippen LogP contribution < -0.4 is 10.2 Å². The lowest BCUT2D eigenvalue weighted by Crippen LogP contribution is -2.39. The molecule has 2 amide bonds. The molecule has 4 nitrogen and oxygen atoms in total. The van der Waals surface area contributed by atoms with Crippen LogP contribution in [0.2, 0.25) is 10.0 Å². The van der Waals surface area contributed by atoms with E-state index in [1.165, 1.54) is 11.8 Å². The van der Waals surface area contributed by atoms with E-state index in [0.717, 1.165) is 11.1 Å². The van der Waals surface area contributed by atoms with E-state index >= 15 is 0 Å². The summed E-state index contributed by atoms with van der Waals surface area (Å²) in [5.74, 6) is -0.526. The maximum Gasteiger partial charge on any atom is 0.240 e. The first-order chi connectivity index (χ1) is 11.3. The van der Waals surface area contributed by atoms with Crippen molar-refractivity contribution in [3.8, 4) is 0 Å². The zero-order valence-electron chi connectivity index (χ0n) is 13.5. The quantitative estimate of drug-likeness (QED) is 0.872. The second-order valence-corrected chi connectivity index (χ2v) is 6.37. The van der Waals surface area contributed by atoms with Crippen molar-refractivity contribution in [3.05, 3.63) is 63.6 Å². The molecule has 2 rings (SSSR count). The van der Waals surface area contributed by atoms with E-state index in [1.54, 1.807) is 18.2 Å². The summed E-state index contributed by atoms with van der Waals surface area (Å²) in [7, 11) is 0. The first-order valence-electron chi connectivity index (χ1n) is 7.41. The fraction of sp³-hybridized carbons (Fsp3) is 0.222. The van der Waals surface area contributed by atoms with Gasteiger partial charge in [0, 0.05) is 29.2 Å². The van der Waals surface area contributed by atoms with Crippen LogP contribution in [-0.2, 0) is 16.1 Å². The summed E-state index contributed by atoms with van der Waals surface area (Å²) < 4.78 is 0. The minimum absolute atomic E-state index is 0.0994. The third-order valence-electron chi connectivity index (χ3n) is 3.41. The molecular weight excluding hydrogens is 347 g/mol. The van der Waals surface area contributed by atoms with Crippen LogP contribution in [0.25, 0.3) is 0 Å². The van der Waals surface area contributed by atoms with Crippen LogP contribution >= 0.6 is 23.2 Å². The standard InChI is InChI=1S/C18H18Cl2N2O2/c1-12-4-3-5-14(6-12)10-21-18(24)11-22(13(2)23)17-8-15(19)7-16(20)9-17/h3-9H,10-11H2,1-2H3,(H,21,24). The van der Waals surface area contributed by atoms with Crippen molar-refractivity contribution in [2.24, 2.45) is 0 Å². The van der Waals surface area contributed by atoms with Crippen molar-refractivity contribution < 1.29 is 9.59 Å². The Labute approximate surface area is 151 Å². The van der Waals surface area contributed by atoms with Crippen molar-refractivity contribution in [2.45, 2.75) is 20.4 Å². The number of halogens is 2. The van der Waals surface area contributed by atoms with Crippen LogP contribution in [0.1, 0.15) is 18.1 Å². The van der Waals surface area contributed by atoms with Crippen LogP contribution in [0.3, 0.4) is 0 Å². The molecule has 0 saturated carbocycles. The summed E-state index contributed by atoms with van der Waals surface area (Å²) in [5.41, 5.74) is 2.62. The van der Waals surface area contributed by atoms with Crippen molar-refractivity contribution in [1.29, 1.82) is 0 Å². The van der Waals surface area contributed by atoms with Crippen LogP contribution in [0, 0.1) is 6.92 Å². The molecule has 126 valence electrons. The second-order valence-electron chi connectivity index (χ2n) is 5.50. The molecule has 0 saturated heterocycles. The number of aryl methyl sites for hydroxylation is 1. The third-order valence-corrected chi connectivity index (χ3v) is 3.85. The number of hydrogen-bond donors (Lipinski definition) is 1. The fourth-order valence-electron chi connectivity index (χ4n) is 2.30. The summed E-state index contributed by atoms with van der Waals surface area (Å²) >= 11 is 11.9. The Bertz CT molecular complexity index is 742. The molecule has 1 N–H and O–H groups in total. The van der Waals surface area contributed by atoms with Gasteiger partial charge in [-0.25, -0.2) is 0 Å². The molecule has 0 aliphatic heterocycles.